The van der Waals surface area contributed by atoms with Gasteiger partial charge in [-0.2, -0.15) is 5.10 Å². The van der Waals surface area contributed by atoms with Crippen LogP contribution in [0.15, 0.2) is 52.3 Å². The highest BCUT2D eigenvalue weighted by Crippen LogP contribution is 2.11. The van der Waals surface area contributed by atoms with Gasteiger partial charge < -0.3 is 0 Å². The summed E-state index contributed by atoms with van der Waals surface area (Å²) in [6.45, 7) is 0. The molecule has 1 amide bonds. The SMILES string of the molecule is O=C(NN=Cc1ccc([N+](=O)[O-])cc1)c1cncc(Br)c1. The highest BCUT2D eigenvalue weighted by molar-refractivity contribution is 9.10. The molecule has 106 valence electrons. The number of hydrogen-bond acceptors (Lipinski definition) is 5. The summed E-state index contributed by atoms with van der Waals surface area (Å²) in [7, 11) is 0. The maximum absolute atomic E-state index is 11.8. The molecule has 0 atom stereocenters. The first-order chi connectivity index (χ1) is 10.1. The van der Waals surface area contributed by atoms with Crippen LogP contribution in [0.4, 0.5) is 5.69 Å². The first-order valence-corrected chi connectivity index (χ1v) is 6.54. The Morgan fingerprint density at radius 1 is 1.33 bits per heavy atom. The summed E-state index contributed by atoms with van der Waals surface area (Å²) in [4.78, 5) is 25.7. The number of nitrogens with one attached hydrogen (secondary N) is 1. The number of carbonyl (C=O) groups excluding carboxylic acids is 1. The highest BCUT2D eigenvalue weighted by Gasteiger charge is 2.05. The number of benzene rings is 1. The second kappa shape index (κ2) is 6.71. The molecule has 21 heavy (non-hydrogen) atoms. The van der Waals surface area contributed by atoms with E-state index in [0.717, 1.165) is 0 Å². The Hall–Kier alpha value is -2.61. The summed E-state index contributed by atoms with van der Waals surface area (Å²) in [5.74, 6) is -0.401. The molecule has 0 aliphatic carbocycles. The maximum Gasteiger partial charge on any atom is 0.272 e. The van der Waals surface area contributed by atoms with Crippen LogP contribution in [0.25, 0.3) is 0 Å². The summed E-state index contributed by atoms with van der Waals surface area (Å²) >= 11 is 3.22. The van der Waals surface area contributed by atoms with Crippen molar-refractivity contribution in [2.45, 2.75) is 0 Å². The molecular formula is C13H9BrN4O3. The van der Waals surface area contributed by atoms with Gasteiger partial charge in [-0.05, 0) is 39.7 Å². The normalized spacial score (nSPS) is 10.5. The van der Waals surface area contributed by atoms with E-state index in [2.05, 4.69) is 31.4 Å². The van der Waals surface area contributed by atoms with Crippen molar-refractivity contribution in [2.75, 3.05) is 0 Å². The van der Waals surface area contributed by atoms with Crippen molar-refractivity contribution < 1.29 is 9.72 Å². The monoisotopic (exact) mass is 348 g/mol. The van der Waals surface area contributed by atoms with Gasteiger partial charge in [-0.3, -0.25) is 19.9 Å². The van der Waals surface area contributed by atoms with Crippen molar-refractivity contribution >= 4 is 33.7 Å². The summed E-state index contributed by atoms with van der Waals surface area (Å²) in [6.07, 6.45) is 4.38. The predicted octanol–water partition coefficient (Wildman–Crippen LogP) is 2.52. The Morgan fingerprint density at radius 3 is 2.67 bits per heavy atom. The molecule has 0 saturated heterocycles. The Kier molecular flexibility index (Phi) is 4.72. The molecular weight excluding hydrogens is 340 g/mol. The third kappa shape index (κ3) is 4.18. The van der Waals surface area contributed by atoms with Gasteiger partial charge >= 0.3 is 0 Å². The molecule has 1 aromatic heterocycles. The second-order valence-electron chi connectivity index (χ2n) is 3.94. The predicted molar refractivity (Wildman–Crippen MR) is 80.1 cm³/mol. The van der Waals surface area contributed by atoms with E-state index in [9.17, 15) is 14.9 Å². The number of hydrazone groups is 1. The summed E-state index contributed by atoms with van der Waals surface area (Å²) < 4.78 is 0.689. The standard InChI is InChI=1S/C13H9BrN4O3/c14-11-5-10(7-15-8-11)13(19)17-16-6-9-1-3-12(4-2-9)18(20)21/h1-8H,(H,17,19). The minimum atomic E-state index is -0.483. The van der Waals surface area contributed by atoms with E-state index in [1.54, 1.807) is 12.3 Å². The summed E-state index contributed by atoms with van der Waals surface area (Å²) in [5, 5.41) is 14.3. The fraction of sp³-hybridized carbons (Fsp3) is 0. The zero-order chi connectivity index (χ0) is 15.2. The molecule has 1 aromatic carbocycles. The van der Waals surface area contributed by atoms with Gasteiger partial charge in [-0.25, -0.2) is 5.43 Å². The Balaban J connectivity index is 1.99. The van der Waals surface area contributed by atoms with Crippen LogP contribution in [0, 0.1) is 10.1 Å². The lowest BCUT2D eigenvalue weighted by Gasteiger charge is -1.99. The lowest BCUT2D eigenvalue weighted by molar-refractivity contribution is -0.384. The molecule has 2 rings (SSSR count). The number of nitro groups is 1. The fourth-order valence-electron chi connectivity index (χ4n) is 1.45. The molecule has 0 aliphatic heterocycles. The van der Waals surface area contributed by atoms with E-state index < -0.39 is 10.8 Å². The Morgan fingerprint density at radius 2 is 2.05 bits per heavy atom. The quantitative estimate of drug-likeness (QED) is 0.521. The van der Waals surface area contributed by atoms with Crippen molar-refractivity contribution in [3.63, 3.8) is 0 Å². The molecule has 2 aromatic rings. The lowest BCUT2D eigenvalue weighted by Crippen LogP contribution is -2.17. The first kappa shape index (κ1) is 14.8. The van der Waals surface area contributed by atoms with Crippen LogP contribution in [-0.4, -0.2) is 22.0 Å². The van der Waals surface area contributed by atoms with Crippen molar-refractivity contribution in [1.29, 1.82) is 0 Å². The Bertz CT molecular complexity index is 701. The van der Waals surface area contributed by atoms with Crippen LogP contribution >= 0.6 is 15.9 Å². The van der Waals surface area contributed by atoms with E-state index >= 15 is 0 Å². The van der Waals surface area contributed by atoms with E-state index in [1.165, 1.54) is 36.7 Å². The van der Waals surface area contributed by atoms with Gasteiger partial charge in [0.15, 0.2) is 0 Å². The summed E-state index contributed by atoms with van der Waals surface area (Å²) in [6, 6.07) is 7.41. The molecule has 0 radical (unpaired) electrons. The third-order valence-corrected chi connectivity index (χ3v) is 2.88. The molecule has 0 saturated carbocycles. The number of hydrogen-bond donors (Lipinski definition) is 1. The zero-order valence-corrected chi connectivity index (χ0v) is 12.1. The molecule has 0 fully saturated rings. The molecule has 7 nitrogen and oxygen atoms in total. The van der Waals surface area contributed by atoms with Gasteiger partial charge in [0.1, 0.15) is 0 Å². The van der Waals surface area contributed by atoms with Crippen LogP contribution in [0.1, 0.15) is 15.9 Å². The number of non-ortho nitro benzene ring substituents is 1. The van der Waals surface area contributed by atoms with Gasteiger partial charge in [0, 0.05) is 29.0 Å². The average Bonchev–Trinajstić information content (AvgIpc) is 2.47. The van der Waals surface area contributed by atoms with E-state index in [-0.39, 0.29) is 5.69 Å². The number of nitrogens with zero attached hydrogens (tertiary/aromatic N) is 3. The highest BCUT2D eigenvalue weighted by atomic mass is 79.9. The van der Waals surface area contributed by atoms with Crippen LogP contribution < -0.4 is 5.43 Å². The van der Waals surface area contributed by atoms with Gasteiger partial charge in [-0.15, -0.1) is 0 Å². The second-order valence-corrected chi connectivity index (χ2v) is 4.86. The summed E-state index contributed by atoms with van der Waals surface area (Å²) in [5.41, 5.74) is 3.34. The molecule has 0 aliphatic rings. The fourth-order valence-corrected chi connectivity index (χ4v) is 1.81. The van der Waals surface area contributed by atoms with Crippen molar-refractivity contribution in [3.8, 4) is 0 Å². The average molecular weight is 349 g/mol. The smallest absolute Gasteiger partial charge is 0.267 e. The van der Waals surface area contributed by atoms with E-state index in [1.807, 2.05) is 0 Å². The van der Waals surface area contributed by atoms with Crippen LogP contribution in [0.5, 0.6) is 0 Å². The van der Waals surface area contributed by atoms with Gasteiger partial charge in [0.05, 0.1) is 16.7 Å². The molecule has 8 heteroatoms. The number of amides is 1. The van der Waals surface area contributed by atoms with E-state index in [0.29, 0.717) is 15.6 Å². The van der Waals surface area contributed by atoms with Crippen molar-refractivity contribution in [1.82, 2.24) is 10.4 Å². The minimum absolute atomic E-state index is 0.00334. The lowest BCUT2D eigenvalue weighted by atomic mass is 10.2. The van der Waals surface area contributed by atoms with Gasteiger partial charge in [0.25, 0.3) is 11.6 Å². The topological polar surface area (TPSA) is 97.5 Å². The number of halogens is 1. The Labute approximate surface area is 128 Å². The molecule has 1 N–H and O–H groups in total. The molecule has 0 bridgehead atoms. The van der Waals surface area contributed by atoms with Crippen LogP contribution in [0.2, 0.25) is 0 Å². The van der Waals surface area contributed by atoms with Gasteiger partial charge in [-0.1, -0.05) is 0 Å². The maximum atomic E-state index is 11.8. The number of pyridine rings is 1. The number of rotatable bonds is 4. The molecule has 0 spiro atoms. The number of aromatic nitrogens is 1. The van der Waals surface area contributed by atoms with E-state index in [4.69, 9.17) is 0 Å². The van der Waals surface area contributed by atoms with Crippen LogP contribution in [-0.2, 0) is 0 Å². The number of carbonyl (C=O) groups is 1. The minimum Gasteiger partial charge on any atom is -0.267 e. The zero-order valence-electron chi connectivity index (χ0n) is 10.6. The molecule has 1 heterocycles. The van der Waals surface area contributed by atoms with Crippen LogP contribution in [0.3, 0.4) is 0 Å². The third-order valence-electron chi connectivity index (χ3n) is 2.45. The number of nitro benzene ring substituents is 1. The largest absolute Gasteiger partial charge is 0.272 e. The van der Waals surface area contributed by atoms with Gasteiger partial charge in [0.2, 0.25) is 0 Å². The first-order valence-electron chi connectivity index (χ1n) is 5.74. The van der Waals surface area contributed by atoms with Crippen molar-refractivity contribution in [3.05, 3.63) is 68.4 Å². The van der Waals surface area contributed by atoms with Crippen molar-refractivity contribution in [2.24, 2.45) is 5.10 Å². The molecule has 0 unspecified atom stereocenters.